The van der Waals surface area contributed by atoms with E-state index in [4.69, 9.17) is 10.5 Å². The van der Waals surface area contributed by atoms with Gasteiger partial charge < -0.3 is 10.5 Å². The smallest absolute Gasteiger partial charge is 0.271 e. The number of rotatable bonds is 13. The third-order valence-corrected chi connectivity index (χ3v) is 5.41. The van der Waals surface area contributed by atoms with Crippen LogP contribution in [0, 0.1) is 0 Å². The van der Waals surface area contributed by atoms with Crippen molar-refractivity contribution in [2.45, 2.75) is 58.3 Å². The molecule has 0 bridgehead atoms. The topological polar surface area (TPSA) is 128 Å². The zero-order valence-electron chi connectivity index (χ0n) is 16.0. The van der Waals surface area contributed by atoms with Gasteiger partial charge in [0.2, 0.25) is 10.0 Å². The molecule has 8 nitrogen and oxygen atoms in total. The second-order valence-corrected chi connectivity index (χ2v) is 8.21. The van der Waals surface area contributed by atoms with Crippen LogP contribution in [0.3, 0.4) is 0 Å². The van der Waals surface area contributed by atoms with Crippen molar-refractivity contribution in [3.63, 3.8) is 0 Å². The summed E-state index contributed by atoms with van der Waals surface area (Å²) in [6.45, 7) is 2.16. The highest BCUT2D eigenvalue weighted by atomic mass is 32.2. The van der Waals surface area contributed by atoms with Gasteiger partial charge in [-0.15, -0.1) is 0 Å². The van der Waals surface area contributed by atoms with Gasteiger partial charge in [0.1, 0.15) is 0 Å². The Morgan fingerprint density at radius 3 is 2.26 bits per heavy atom. The quantitative estimate of drug-likeness (QED) is 0.490. The van der Waals surface area contributed by atoms with E-state index in [-0.39, 0.29) is 22.8 Å². The molecule has 0 radical (unpaired) electrons. The van der Waals surface area contributed by atoms with E-state index in [0.29, 0.717) is 6.42 Å². The highest BCUT2D eigenvalue weighted by Crippen LogP contribution is 2.17. The molecular weight excluding hydrogens is 370 g/mol. The van der Waals surface area contributed by atoms with Crippen molar-refractivity contribution in [2.24, 2.45) is 5.73 Å². The molecule has 0 fully saturated rings. The Kier molecular flexibility index (Phi) is 9.77. The summed E-state index contributed by atoms with van der Waals surface area (Å²) in [6, 6.07) is 1.23. The molecule has 3 N–H and O–H groups in total. The molecule has 0 aliphatic rings. The Morgan fingerprint density at radius 2 is 1.70 bits per heavy atom. The Balaban J connectivity index is 2.49. The molecule has 0 unspecified atom stereocenters. The van der Waals surface area contributed by atoms with Gasteiger partial charge in [0.15, 0.2) is 11.4 Å². The second-order valence-electron chi connectivity index (χ2n) is 6.36. The number of carbonyl (C=O) groups excluding carboxylic acids is 2. The number of nitrogens with two attached hydrogens (primary N) is 1. The highest BCUT2D eigenvalue weighted by Gasteiger charge is 2.19. The number of unbranched alkanes of at least 4 members (excludes halogenated alkanes) is 7. The van der Waals surface area contributed by atoms with E-state index in [1.807, 2.05) is 4.72 Å². The highest BCUT2D eigenvalue weighted by molar-refractivity contribution is 7.90. The molecule has 1 heterocycles. The van der Waals surface area contributed by atoms with E-state index in [0.717, 1.165) is 25.5 Å². The monoisotopic (exact) mass is 399 g/mol. The number of pyridine rings is 1. The van der Waals surface area contributed by atoms with Crippen LogP contribution in [-0.2, 0) is 10.0 Å². The minimum Gasteiger partial charge on any atom is -0.494 e. The van der Waals surface area contributed by atoms with Gasteiger partial charge in [0.05, 0.1) is 18.4 Å². The first-order chi connectivity index (χ1) is 12.8. The molecule has 0 atom stereocenters. The molecule has 0 aliphatic heterocycles. The number of ether oxygens (including phenoxy) is 1. The molecule has 2 amide bonds. The maximum atomic E-state index is 12.1. The molecule has 0 saturated heterocycles. The van der Waals surface area contributed by atoms with E-state index in [1.54, 1.807) is 0 Å². The molecule has 1 aromatic rings. The van der Waals surface area contributed by atoms with E-state index >= 15 is 0 Å². The Hall–Kier alpha value is -2.16. The fourth-order valence-corrected chi connectivity index (χ4v) is 3.67. The molecule has 1 aromatic heterocycles. The molecule has 0 aromatic carbocycles. The van der Waals surface area contributed by atoms with Gasteiger partial charge in [-0.25, -0.2) is 18.1 Å². The lowest BCUT2D eigenvalue weighted by molar-refractivity contribution is 0.0970. The van der Waals surface area contributed by atoms with Gasteiger partial charge in [-0.2, -0.15) is 0 Å². The van der Waals surface area contributed by atoms with Crippen molar-refractivity contribution >= 4 is 21.8 Å². The number of hydrogen-bond donors (Lipinski definition) is 2. The van der Waals surface area contributed by atoms with Gasteiger partial charge >= 0.3 is 0 Å². The molecule has 27 heavy (non-hydrogen) atoms. The average molecular weight is 400 g/mol. The molecule has 9 heteroatoms. The number of aromatic nitrogens is 1. The van der Waals surface area contributed by atoms with E-state index in [1.165, 1.54) is 38.9 Å². The van der Waals surface area contributed by atoms with Crippen molar-refractivity contribution in [1.82, 2.24) is 9.71 Å². The standard InChI is InChI=1S/C18H29N3O5S/c1-3-4-5-6-7-8-9-10-11-27(24,25)21-18(23)14-12-15(26-2)16(17(19)22)20-13-14/h12-13H,3-11H2,1-2H3,(H2,19,22)(H,21,23). The summed E-state index contributed by atoms with van der Waals surface area (Å²) >= 11 is 0. The number of sulfonamides is 1. The summed E-state index contributed by atoms with van der Waals surface area (Å²) < 4.78 is 31.1. The van der Waals surface area contributed by atoms with Gasteiger partial charge in [-0.05, 0) is 12.5 Å². The fourth-order valence-electron chi connectivity index (χ4n) is 2.59. The van der Waals surface area contributed by atoms with Crippen LogP contribution in [0.2, 0.25) is 0 Å². The van der Waals surface area contributed by atoms with Crippen LogP contribution in [0.4, 0.5) is 0 Å². The van der Waals surface area contributed by atoms with Crippen LogP contribution in [-0.4, -0.2) is 38.1 Å². The first kappa shape index (κ1) is 22.9. The molecular formula is C18H29N3O5S. The molecule has 0 saturated carbocycles. The summed E-state index contributed by atoms with van der Waals surface area (Å²) in [5, 5.41) is 0. The zero-order valence-corrected chi connectivity index (χ0v) is 16.8. The van der Waals surface area contributed by atoms with E-state index in [9.17, 15) is 18.0 Å². The van der Waals surface area contributed by atoms with Crippen LogP contribution in [0.25, 0.3) is 0 Å². The van der Waals surface area contributed by atoms with Crippen LogP contribution in [0.5, 0.6) is 5.75 Å². The predicted octanol–water partition coefficient (Wildman–Crippen LogP) is 2.39. The van der Waals surface area contributed by atoms with Gasteiger partial charge in [0.25, 0.3) is 11.8 Å². The molecule has 0 aliphatic carbocycles. The number of methoxy groups -OCH3 is 1. The van der Waals surface area contributed by atoms with Gasteiger partial charge in [0, 0.05) is 6.20 Å². The van der Waals surface area contributed by atoms with E-state index in [2.05, 4.69) is 11.9 Å². The summed E-state index contributed by atoms with van der Waals surface area (Å²) in [6.07, 6.45) is 9.31. The maximum absolute atomic E-state index is 12.1. The number of amides is 2. The SMILES string of the molecule is CCCCCCCCCCS(=O)(=O)NC(=O)c1cnc(C(N)=O)c(OC)c1. The average Bonchev–Trinajstić information content (AvgIpc) is 2.62. The lowest BCUT2D eigenvalue weighted by atomic mass is 10.1. The van der Waals surface area contributed by atoms with Gasteiger partial charge in [-0.1, -0.05) is 51.9 Å². The maximum Gasteiger partial charge on any atom is 0.271 e. The summed E-state index contributed by atoms with van der Waals surface area (Å²) in [5.41, 5.74) is 4.99. The summed E-state index contributed by atoms with van der Waals surface area (Å²) in [4.78, 5) is 27.1. The third-order valence-electron chi connectivity index (χ3n) is 4.08. The first-order valence-corrected chi connectivity index (χ1v) is 10.8. The number of nitrogens with zero attached hydrogens (tertiary/aromatic N) is 1. The minimum atomic E-state index is -3.74. The van der Waals surface area contributed by atoms with Crippen molar-refractivity contribution in [1.29, 1.82) is 0 Å². The zero-order chi connectivity index (χ0) is 20.3. The summed E-state index contributed by atoms with van der Waals surface area (Å²) in [5.74, 6) is -1.73. The Morgan fingerprint density at radius 1 is 1.11 bits per heavy atom. The fraction of sp³-hybridized carbons (Fsp3) is 0.611. The van der Waals surface area contributed by atoms with Gasteiger partial charge in [-0.3, -0.25) is 9.59 Å². The molecule has 152 valence electrons. The van der Waals surface area contributed by atoms with Crippen molar-refractivity contribution in [3.8, 4) is 5.75 Å². The Labute approximate surface area is 160 Å². The van der Waals surface area contributed by atoms with Crippen LogP contribution in [0.15, 0.2) is 12.3 Å². The van der Waals surface area contributed by atoms with Crippen LogP contribution >= 0.6 is 0 Å². The lowest BCUT2D eigenvalue weighted by Crippen LogP contribution is -2.32. The second kappa shape index (κ2) is 11.5. The summed E-state index contributed by atoms with van der Waals surface area (Å²) in [7, 11) is -2.44. The largest absolute Gasteiger partial charge is 0.494 e. The molecule has 1 rings (SSSR count). The molecule has 0 spiro atoms. The normalized spacial score (nSPS) is 11.2. The number of primary amides is 1. The van der Waals surface area contributed by atoms with Crippen molar-refractivity contribution < 1.29 is 22.7 Å². The van der Waals surface area contributed by atoms with Crippen molar-refractivity contribution in [3.05, 3.63) is 23.5 Å². The van der Waals surface area contributed by atoms with E-state index < -0.39 is 21.8 Å². The Bertz CT molecular complexity index is 735. The van der Waals surface area contributed by atoms with Crippen LogP contribution in [0.1, 0.15) is 79.1 Å². The minimum absolute atomic E-state index is 0.00983. The number of carbonyl (C=O) groups is 2. The first-order valence-electron chi connectivity index (χ1n) is 9.19. The third kappa shape index (κ3) is 8.38. The van der Waals surface area contributed by atoms with Crippen LogP contribution < -0.4 is 15.2 Å². The number of nitrogens with one attached hydrogen (secondary N) is 1. The van der Waals surface area contributed by atoms with Crippen molar-refractivity contribution in [2.75, 3.05) is 12.9 Å². The predicted molar refractivity (Wildman–Crippen MR) is 103 cm³/mol. The number of hydrogen-bond acceptors (Lipinski definition) is 6. The lowest BCUT2D eigenvalue weighted by Gasteiger charge is -2.09.